The molecule has 0 amide bonds. The lowest BCUT2D eigenvalue weighted by Crippen LogP contribution is -2.25. The molecule has 0 bridgehead atoms. The van der Waals surface area contributed by atoms with Crippen molar-refractivity contribution in [3.8, 4) is 11.3 Å². The van der Waals surface area contributed by atoms with Crippen LogP contribution in [0.1, 0.15) is 17.0 Å². The van der Waals surface area contributed by atoms with Crippen LogP contribution in [0.3, 0.4) is 0 Å². The van der Waals surface area contributed by atoms with Gasteiger partial charge < -0.3 is 0 Å². The number of hydrogen-bond donors (Lipinski definition) is 1. The predicted molar refractivity (Wildman–Crippen MR) is 108 cm³/mol. The average molecular weight is 452 g/mol. The van der Waals surface area contributed by atoms with Gasteiger partial charge in [0.05, 0.1) is 15.6 Å². The third kappa shape index (κ3) is 4.76. The van der Waals surface area contributed by atoms with Gasteiger partial charge in [-0.15, -0.1) is 11.3 Å². The highest BCUT2D eigenvalue weighted by Gasteiger charge is 2.17. The Morgan fingerprint density at radius 2 is 1.96 bits per heavy atom. The fourth-order valence-corrected chi connectivity index (χ4v) is 5.54. The van der Waals surface area contributed by atoms with Crippen LogP contribution in [-0.4, -0.2) is 24.9 Å². The molecule has 0 saturated carbocycles. The Bertz CT molecular complexity index is 989. The van der Waals surface area contributed by atoms with E-state index in [1.165, 1.54) is 0 Å². The first-order valence-electron chi connectivity index (χ1n) is 8.06. The molecule has 26 heavy (non-hydrogen) atoms. The van der Waals surface area contributed by atoms with Crippen LogP contribution in [0.2, 0.25) is 0 Å². The van der Waals surface area contributed by atoms with Crippen LogP contribution in [0.4, 0.5) is 0 Å². The summed E-state index contributed by atoms with van der Waals surface area (Å²) in [5.74, 6) is 0. The van der Waals surface area contributed by atoms with E-state index in [0.717, 1.165) is 28.2 Å². The molecular formula is C18H18BrN3O2S2. The molecule has 0 fully saturated rings. The monoisotopic (exact) mass is 451 g/mol. The Kier molecular flexibility index (Phi) is 6.18. The van der Waals surface area contributed by atoms with Crippen molar-refractivity contribution in [1.82, 2.24) is 14.7 Å². The molecule has 0 aliphatic carbocycles. The van der Waals surface area contributed by atoms with Gasteiger partial charge in [-0.25, -0.2) is 18.1 Å². The number of thiazole rings is 1. The van der Waals surface area contributed by atoms with E-state index in [4.69, 9.17) is 0 Å². The molecule has 0 spiro atoms. The maximum absolute atomic E-state index is 12.4. The lowest BCUT2D eigenvalue weighted by atomic mass is 10.2. The van der Waals surface area contributed by atoms with Gasteiger partial charge >= 0.3 is 0 Å². The summed E-state index contributed by atoms with van der Waals surface area (Å²) in [5, 5.41) is 3.01. The molecule has 0 radical (unpaired) electrons. The normalized spacial score (nSPS) is 11.6. The predicted octanol–water partition coefficient (Wildman–Crippen LogP) is 4.19. The van der Waals surface area contributed by atoms with Crippen LogP contribution < -0.4 is 4.72 Å². The van der Waals surface area contributed by atoms with Gasteiger partial charge in [-0.3, -0.25) is 4.98 Å². The molecule has 5 nitrogen and oxygen atoms in total. The number of rotatable bonds is 7. The van der Waals surface area contributed by atoms with E-state index in [0.29, 0.717) is 17.4 Å². The van der Waals surface area contributed by atoms with Gasteiger partial charge in [-0.1, -0.05) is 6.07 Å². The second-order valence-electron chi connectivity index (χ2n) is 5.80. The van der Waals surface area contributed by atoms with Crippen LogP contribution in [0.15, 0.2) is 57.5 Å². The van der Waals surface area contributed by atoms with E-state index < -0.39 is 10.0 Å². The van der Waals surface area contributed by atoms with Crippen molar-refractivity contribution in [2.75, 3.05) is 6.54 Å². The standard InChI is InChI=1S/C18H18BrN3O2S2/c1-13-4-5-17(15(19)11-13)26(23,24)21-8-2-3-18-22-16(12-25-18)14-6-9-20-10-7-14/h4-7,9-12,21H,2-3,8H2,1H3. The zero-order chi connectivity index (χ0) is 18.6. The summed E-state index contributed by atoms with van der Waals surface area (Å²) in [6.07, 6.45) is 4.90. The van der Waals surface area contributed by atoms with Gasteiger partial charge in [0.25, 0.3) is 0 Å². The smallest absolute Gasteiger partial charge is 0.241 e. The van der Waals surface area contributed by atoms with Gasteiger partial charge in [-0.05, 0) is 59.1 Å². The summed E-state index contributed by atoms with van der Waals surface area (Å²) in [6, 6.07) is 9.04. The molecule has 3 aromatic rings. The third-order valence-corrected chi connectivity index (χ3v) is 7.11. The number of hydrogen-bond acceptors (Lipinski definition) is 5. The zero-order valence-electron chi connectivity index (χ0n) is 14.1. The van der Waals surface area contributed by atoms with E-state index in [-0.39, 0.29) is 4.90 Å². The lowest BCUT2D eigenvalue weighted by molar-refractivity contribution is 0.578. The number of nitrogens with zero attached hydrogens (tertiary/aromatic N) is 2. The molecule has 0 saturated heterocycles. The van der Waals surface area contributed by atoms with Gasteiger partial charge in [0.1, 0.15) is 0 Å². The molecule has 0 atom stereocenters. The number of nitrogens with one attached hydrogen (secondary N) is 1. The van der Waals surface area contributed by atoms with Crippen LogP contribution in [0.25, 0.3) is 11.3 Å². The van der Waals surface area contributed by atoms with E-state index in [9.17, 15) is 8.42 Å². The number of sulfonamides is 1. The van der Waals surface area contributed by atoms with Crippen LogP contribution >= 0.6 is 27.3 Å². The molecule has 8 heteroatoms. The summed E-state index contributed by atoms with van der Waals surface area (Å²) >= 11 is 4.91. The van der Waals surface area contributed by atoms with Crippen molar-refractivity contribution in [3.63, 3.8) is 0 Å². The Morgan fingerprint density at radius 1 is 1.19 bits per heavy atom. The molecule has 2 aromatic heterocycles. The maximum atomic E-state index is 12.4. The SMILES string of the molecule is Cc1ccc(S(=O)(=O)NCCCc2nc(-c3ccncc3)cs2)c(Br)c1. The average Bonchev–Trinajstić information content (AvgIpc) is 3.08. The first-order valence-corrected chi connectivity index (χ1v) is 11.2. The van der Waals surface area contributed by atoms with Gasteiger partial charge in [-0.2, -0.15) is 0 Å². The minimum atomic E-state index is -3.52. The van der Waals surface area contributed by atoms with Crippen molar-refractivity contribution in [3.05, 3.63) is 63.1 Å². The second-order valence-corrected chi connectivity index (χ2v) is 9.33. The Hall–Kier alpha value is -1.61. The number of pyridine rings is 1. The summed E-state index contributed by atoms with van der Waals surface area (Å²) in [6.45, 7) is 2.29. The number of benzene rings is 1. The number of aryl methyl sites for hydroxylation is 2. The molecule has 0 aliphatic heterocycles. The van der Waals surface area contributed by atoms with E-state index in [2.05, 4.69) is 30.6 Å². The molecule has 136 valence electrons. The second kappa shape index (κ2) is 8.39. The molecular weight excluding hydrogens is 434 g/mol. The quantitative estimate of drug-likeness (QED) is 0.546. The van der Waals surface area contributed by atoms with E-state index in [1.54, 1.807) is 41.9 Å². The molecule has 3 rings (SSSR count). The minimum Gasteiger partial charge on any atom is -0.265 e. The van der Waals surface area contributed by atoms with Crippen LogP contribution in [0, 0.1) is 6.92 Å². The largest absolute Gasteiger partial charge is 0.265 e. The third-order valence-electron chi connectivity index (χ3n) is 3.76. The molecule has 2 heterocycles. The zero-order valence-corrected chi connectivity index (χ0v) is 17.4. The fourth-order valence-electron chi connectivity index (χ4n) is 2.43. The number of halogens is 1. The molecule has 0 aliphatic rings. The highest BCUT2D eigenvalue weighted by molar-refractivity contribution is 9.10. The summed E-state index contributed by atoms with van der Waals surface area (Å²) in [7, 11) is -3.52. The van der Waals surface area contributed by atoms with Crippen molar-refractivity contribution < 1.29 is 8.42 Å². The van der Waals surface area contributed by atoms with E-state index in [1.807, 2.05) is 24.4 Å². The van der Waals surface area contributed by atoms with Gasteiger partial charge in [0.15, 0.2) is 0 Å². The van der Waals surface area contributed by atoms with Gasteiger partial charge in [0.2, 0.25) is 10.0 Å². The van der Waals surface area contributed by atoms with Crippen molar-refractivity contribution in [2.24, 2.45) is 0 Å². The summed E-state index contributed by atoms with van der Waals surface area (Å²) < 4.78 is 28.0. The lowest BCUT2D eigenvalue weighted by Gasteiger charge is -2.08. The number of aromatic nitrogens is 2. The fraction of sp³-hybridized carbons (Fsp3) is 0.222. The van der Waals surface area contributed by atoms with E-state index >= 15 is 0 Å². The summed E-state index contributed by atoms with van der Waals surface area (Å²) in [4.78, 5) is 8.87. The maximum Gasteiger partial charge on any atom is 0.241 e. The Morgan fingerprint density at radius 3 is 2.69 bits per heavy atom. The molecule has 1 N–H and O–H groups in total. The highest BCUT2D eigenvalue weighted by atomic mass is 79.9. The molecule has 0 unspecified atom stereocenters. The first kappa shape index (κ1) is 19.2. The topological polar surface area (TPSA) is 72.0 Å². The van der Waals surface area contributed by atoms with Crippen molar-refractivity contribution >= 4 is 37.3 Å². The highest BCUT2D eigenvalue weighted by Crippen LogP contribution is 2.23. The Labute approximate surface area is 165 Å². The summed E-state index contributed by atoms with van der Waals surface area (Å²) in [5.41, 5.74) is 2.97. The van der Waals surface area contributed by atoms with Crippen molar-refractivity contribution in [2.45, 2.75) is 24.7 Å². The van der Waals surface area contributed by atoms with Crippen LogP contribution in [-0.2, 0) is 16.4 Å². The Balaban J connectivity index is 1.55. The first-order chi connectivity index (χ1) is 12.5. The minimum absolute atomic E-state index is 0.261. The van der Waals surface area contributed by atoms with Gasteiger partial charge in [0, 0.05) is 40.8 Å². The molecule has 1 aromatic carbocycles. The van der Waals surface area contributed by atoms with Crippen molar-refractivity contribution in [1.29, 1.82) is 0 Å². The van der Waals surface area contributed by atoms with Crippen LogP contribution in [0.5, 0.6) is 0 Å².